The summed E-state index contributed by atoms with van der Waals surface area (Å²) in [4.78, 5) is 0. The van der Waals surface area contributed by atoms with Crippen molar-refractivity contribution >= 4 is 37.6 Å². The highest BCUT2D eigenvalue weighted by molar-refractivity contribution is 9.10. The summed E-state index contributed by atoms with van der Waals surface area (Å²) in [6.45, 7) is 0.529. The summed E-state index contributed by atoms with van der Waals surface area (Å²) >= 11 is 8.93. The minimum absolute atomic E-state index is 0.0296. The fourth-order valence-electron chi connectivity index (χ4n) is 2.41. The molecule has 0 spiro atoms. The van der Waals surface area contributed by atoms with Crippen LogP contribution >= 0.6 is 27.5 Å². The van der Waals surface area contributed by atoms with E-state index in [4.69, 9.17) is 11.6 Å². The molecule has 108 valence electrons. The smallest absolute Gasteiger partial charge is 0.235 e. The van der Waals surface area contributed by atoms with Crippen molar-refractivity contribution in [1.29, 1.82) is 0 Å². The molecule has 0 bridgehead atoms. The van der Waals surface area contributed by atoms with Crippen molar-refractivity contribution in [3.05, 3.63) is 4.60 Å². The van der Waals surface area contributed by atoms with Crippen molar-refractivity contribution in [3.63, 3.8) is 0 Å². The molecule has 2 rings (SSSR count). The van der Waals surface area contributed by atoms with Crippen LogP contribution < -0.4 is 0 Å². The molecular weight excluding hydrogens is 356 g/mol. The van der Waals surface area contributed by atoms with Gasteiger partial charge in [-0.1, -0.05) is 11.6 Å². The number of piperidine rings is 1. The molecule has 19 heavy (non-hydrogen) atoms. The van der Waals surface area contributed by atoms with Crippen LogP contribution in [0.25, 0.3) is 0 Å². The normalized spacial score (nSPS) is 21.7. The first kappa shape index (κ1) is 15.2. The van der Waals surface area contributed by atoms with Gasteiger partial charge in [0.1, 0.15) is 0 Å². The Labute approximate surface area is 126 Å². The molecule has 0 aromatic carbocycles. The molecule has 1 aliphatic heterocycles. The summed E-state index contributed by atoms with van der Waals surface area (Å²) in [6.07, 6.45) is 3.44. The van der Waals surface area contributed by atoms with E-state index in [-0.39, 0.29) is 15.7 Å². The number of rotatable bonds is 4. The van der Waals surface area contributed by atoms with Gasteiger partial charge in [-0.25, -0.2) is 13.1 Å². The summed E-state index contributed by atoms with van der Waals surface area (Å²) in [5, 5.41) is 7.59. The third kappa shape index (κ3) is 2.96. The molecule has 1 aromatic rings. The van der Waals surface area contributed by atoms with Gasteiger partial charge in [0.15, 0.2) is 4.60 Å². The average Bonchev–Trinajstić information content (AvgIpc) is 2.70. The Bertz CT molecular complexity index is 526. The van der Waals surface area contributed by atoms with E-state index in [0.29, 0.717) is 18.8 Å². The van der Waals surface area contributed by atoms with Crippen LogP contribution in [0, 0.1) is 0 Å². The number of sulfonamides is 1. The topological polar surface area (TPSA) is 68.1 Å². The molecule has 6 nitrogen and oxygen atoms in total. The Kier molecular flexibility index (Phi) is 4.86. The van der Waals surface area contributed by atoms with Crippen LogP contribution in [0.15, 0.2) is 9.63 Å². The lowest BCUT2D eigenvalue weighted by Crippen LogP contribution is -2.44. The number of nitrogens with zero attached hydrogens (tertiary/aromatic N) is 4. The molecular formula is C10H16BrClN4O2S. The second kappa shape index (κ2) is 6.07. The highest BCUT2D eigenvalue weighted by atomic mass is 79.9. The maximum absolute atomic E-state index is 12.7. The van der Waals surface area contributed by atoms with Crippen LogP contribution in [0.5, 0.6) is 0 Å². The van der Waals surface area contributed by atoms with E-state index in [1.165, 1.54) is 4.68 Å². The molecule has 0 saturated carbocycles. The van der Waals surface area contributed by atoms with Gasteiger partial charge in [-0.2, -0.15) is 4.31 Å². The summed E-state index contributed by atoms with van der Waals surface area (Å²) in [7, 11) is -2.01. The van der Waals surface area contributed by atoms with Crippen LogP contribution in [-0.4, -0.2) is 46.2 Å². The van der Waals surface area contributed by atoms with Crippen LogP contribution in [0.2, 0.25) is 0 Å². The lowest BCUT2D eigenvalue weighted by Gasteiger charge is -2.34. The molecule has 9 heteroatoms. The Morgan fingerprint density at radius 1 is 1.47 bits per heavy atom. The molecule has 0 aliphatic carbocycles. The monoisotopic (exact) mass is 370 g/mol. The Balaban J connectivity index is 2.37. The summed E-state index contributed by atoms with van der Waals surface area (Å²) in [6, 6.07) is -0.0296. The van der Waals surface area contributed by atoms with Gasteiger partial charge in [0, 0.05) is 25.5 Å². The van der Waals surface area contributed by atoms with Gasteiger partial charge in [-0.3, -0.25) is 0 Å². The number of hydrogen-bond donors (Lipinski definition) is 0. The molecule has 1 atom stereocenters. The molecule has 1 aromatic heterocycles. The van der Waals surface area contributed by atoms with Gasteiger partial charge >= 0.3 is 0 Å². The first-order chi connectivity index (χ1) is 8.98. The van der Waals surface area contributed by atoms with Crippen LogP contribution in [0.4, 0.5) is 0 Å². The lowest BCUT2D eigenvalue weighted by molar-refractivity contribution is 0.246. The minimum atomic E-state index is -3.59. The van der Waals surface area contributed by atoms with Gasteiger partial charge in [-0.05, 0) is 35.2 Å². The van der Waals surface area contributed by atoms with Gasteiger partial charge in [0.2, 0.25) is 5.03 Å². The Morgan fingerprint density at radius 2 is 2.21 bits per heavy atom. The molecule has 0 N–H and O–H groups in total. The van der Waals surface area contributed by atoms with Crippen molar-refractivity contribution in [2.24, 2.45) is 7.05 Å². The van der Waals surface area contributed by atoms with Crippen molar-refractivity contribution in [2.75, 3.05) is 12.4 Å². The SMILES string of the molecule is Cn1nnc(Br)c1S(=O)(=O)N1CCCCC1CCCl. The van der Waals surface area contributed by atoms with E-state index >= 15 is 0 Å². The molecule has 2 heterocycles. The average molecular weight is 372 g/mol. The first-order valence-electron chi connectivity index (χ1n) is 6.11. The largest absolute Gasteiger partial charge is 0.263 e. The third-order valence-electron chi connectivity index (χ3n) is 3.31. The number of hydrogen-bond acceptors (Lipinski definition) is 4. The number of aryl methyl sites for hydroxylation is 1. The Hall–Kier alpha value is -0.180. The van der Waals surface area contributed by atoms with E-state index in [1.54, 1.807) is 11.4 Å². The van der Waals surface area contributed by atoms with Crippen LogP contribution in [0.3, 0.4) is 0 Å². The van der Waals surface area contributed by atoms with Crippen molar-refractivity contribution in [2.45, 2.75) is 36.8 Å². The van der Waals surface area contributed by atoms with E-state index < -0.39 is 10.0 Å². The van der Waals surface area contributed by atoms with Crippen LogP contribution in [0.1, 0.15) is 25.7 Å². The van der Waals surface area contributed by atoms with E-state index in [0.717, 1.165) is 19.3 Å². The van der Waals surface area contributed by atoms with Crippen molar-refractivity contribution in [3.8, 4) is 0 Å². The minimum Gasteiger partial charge on any atom is -0.235 e. The highest BCUT2D eigenvalue weighted by Crippen LogP contribution is 2.29. The zero-order valence-corrected chi connectivity index (χ0v) is 13.7. The molecule has 1 aliphatic rings. The molecule has 1 fully saturated rings. The van der Waals surface area contributed by atoms with Crippen LogP contribution in [-0.2, 0) is 17.1 Å². The molecule has 0 amide bonds. The number of alkyl halides is 1. The fourth-order valence-corrected chi connectivity index (χ4v) is 5.42. The third-order valence-corrected chi connectivity index (χ3v) is 6.36. The highest BCUT2D eigenvalue weighted by Gasteiger charge is 2.36. The zero-order valence-electron chi connectivity index (χ0n) is 10.6. The quantitative estimate of drug-likeness (QED) is 0.756. The maximum atomic E-state index is 12.7. The van der Waals surface area contributed by atoms with Gasteiger partial charge in [0.05, 0.1) is 0 Å². The standard InChI is InChI=1S/C10H16BrClN4O2S/c1-15-10(9(11)13-14-15)19(17,18)16-7-3-2-4-8(16)5-6-12/h8H,2-7H2,1H3. The maximum Gasteiger partial charge on any atom is 0.263 e. The van der Waals surface area contributed by atoms with E-state index in [9.17, 15) is 8.42 Å². The predicted octanol–water partition coefficient (Wildman–Crippen LogP) is 1.75. The van der Waals surface area contributed by atoms with Crippen molar-refractivity contribution < 1.29 is 8.42 Å². The second-order valence-electron chi connectivity index (χ2n) is 4.55. The second-order valence-corrected chi connectivity index (χ2v) is 7.49. The van der Waals surface area contributed by atoms with Gasteiger partial charge in [0.25, 0.3) is 10.0 Å². The van der Waals surface area contributed by atoms with E-state index in [2.05, 4.69) is 26.2 Å². The predicted molar refractivity (Wildman–Crippen MR) is 75.6 cm³/mol. The fraction of sp³-hybridized carbons (Fsp3) is 0.800. The zero-order chi connectivity index (χ0) is 14.0. The lowest BCUT2D eigenvalue weighted by atomic mass is 10.0. The summed E-state index contributed by atoms with van der Waals surface area (Å²) < 4.78 is 28.5. The molecule has 1 unspecified atom stereocenters. The summed E-state index contributed by atoms with van der Waals surface area (Å²) in [5.41, 5.74) is 0. The molecule has 0 radical (unpaired) electrons. The first-order valence-corrected chi connectivity index (χ1v) is 8.88. The number of aromatic nitrogens is 3. The van der Waals surface area contributed by atoms with Gasteiger partial charge in [-0.15, -0.1) is 16.7 Å². The Morgan fingerprint density at radius 3 is 2.79 bits per heavy atom. The van der Waals surface area contributed by atoms with Crippen molar-refractivity contribution in [1.82, 2.24) is 19.3 Å². The summed E-state index contributed by atoms with van der Waals surface area (Å²) in [5.74, 6) is 0.460. The molecule has 1 saturated heterocycles. The van der Waals surface area contributed by atoms with Gasteiger partial charge < -0.3 is 0 Å². The van der Waals surface area contributed by atoms with E-state index in [1.807, 2.05) is 0 Å². The number of halogens is 2.